The van der Waals surface area contributed by atoms with Gasteiger partial charge in [0.05, 0.1) is 5.56 Å². The molecule has 0 unspecified atom stereocenters. The van der Waals surface area contributed by atoms with Crippen LogP contribution in [0.3, 0.4) is 0 Å². The quantitative estimate of drug-likeness (QED) is 0.777. The van der Waals surface area contributed by atoms with E-state index in [4.69, 9.17) is 5.11 Å². The van der Waals surface area contributed by atoms with Gasteiger partial charge in [-0.25, -0.2) is 18.0 Å². The van der Waals surface area contributed by atoms with Crippen LogP contribution >= 0.6 is 0 Å². The van der Waals surface area contributed by atoms with Gasteiger partial charge in [-0.05, 0) is 18.2 Å². The molecular weight excluding hydrogens is 185 g/mol. The van der Waals surface area contributed by atoms with E-state index in [1.54, 1.807) is 0 Å². The molecule has 13 heavy (non-hydrogen) atoms. The van der Waals surface area contributed by atoms with Crippen LogP contribution in [0, 0.1) is 5.82 Å². The molecule has 0 radical (unpaired) electrons. The maximum Gasteiger partial charge on any atom is 0.335 e. The normalized spacial score (nSPS) is 10.5. The highest BCUT2D eigenvalue weighted by Gasteiger charge is 2.12. The Hall–Kier alpha value is -1.52. The molecule has 0 heterocycles. The molecule has 0 aliphatic heterocycles. The summed E-state index contributed by atoms with van der Waals surface area (Å²) >= 11 is 0. The fraction of sp³-hybridized carbons (Fsp3) is 0.125. The summed E-state index contributed by atoms with van der Waals surface area (Å²) in [6, 6.07) is 2.04. The Bertz CT molecular complexity index is 336. The van der Waals surface area contributed by atoms with E-state index < -0.39 is 29.3 Å². The molecule has 1 aromatic carbocycles. The standard InChI is InChI=1S/C8H5F3O2/c9-6-2-4(7(10)11)1-5(3-6)8(12)13/h1-3,7H,(H,12,13). The fourth-order valence-electron chi connectivity index (χ4n) is 0.862. The zero-order valence-corrected chi connectivity index (χ0v) is 6.30. The lowest BCUT2D eigenvalue weighted by Gasteiger charge is -2.01. The summed E-state index contributed by atoms with van der Waals surface area (Å²) in [6.07, 6.45) is -2.87. The van der Waals surface area contributed by atoms with E-state index in [9.17, 15) is 18.0 Å². The number of alkyl halides is 2. The Morgan fingerprint density at radius 1 is 1.31 bits per heavy atom. The lowest BCUT2D eigenvalue weighted by atomic mass is 10.1. The van der Waals surface area contributed by atoms with Crippen molar-refractivity contribution in [2.24, 2.45) is 0 Å². The molecular formula is C8H5F3O2. The summed E-state index contributed by atoms with van der Waals surface area (Å²) < 4.78 is 36.6. The van der Waals surface area contributed by atoms with Crippen molar-refractivity contribution in [2.45, 2.75) is 6.43 Å². The van der Waals surface area contributed by atoms with Gasteiger partial charge < -0.3 is 5.11 Å². The van der Waals surface area contributed by atoms with Crippen LogP contribution in [0.2, 0.25) is 0 Å². The van der Waals surface area contributed by atoms with Crippen LogP contribution in [0.25, 0.3) is 0 Å². The monoisotopic (exact) mass is 190 g/mol. The number of hydrogen-bond donors (Lipinski definition) is 1. The average molecular weight is 190 g/mol. The van der Waals surface area contributed by atoms with E-state index in [1.807, 2.05) is 0 Å². The van der Waals surface area contributed by atoms with Gasteiger partial charge in [-0.2, -0.15) is 0 Å². The molecule has 0 fully saturated rings. The number of rotatable bonds is 2. The molecule has 2 nitrogen and oxygen atoms in total. The lowest BCUT2D eigenvalue weighted by Crippen LogP contribution is -1.99. The summed E-state index contributed by atoms with van der Waals surface area (Å²) in [4.78, 5) is 10.3. The van der Waals surface area contributed by atoms with Crippen molar-refractivity contribution in [1.82, 2.24) is 0 Å². The van der Waals surface area contributed by atoms with E-state index in [0.717, 1.165) is 6.07 Å². The van der Waals surface area contributed by atoms with Gasteiger partial charge in [0.25, 0.3) is 6.43 Å². The van der Waals surface area contributed by atoms with Gasteiger partial charge >= 0.3 is 5.97 Å². The van der Waals surface area contributed by atoms with Crippen molar-refractivity contribution in [2.75, 3.05) is 0 Å². The van der Waals surface area contributed by atoms with Gasteiger partial charge in [0.2, 0.25) is 0 Å². The molecule has 1 rings (SSSR count). The minimum atomic E-state index is -2.87. The molecule has 0 aromatic heterocycles. The topological polar surface area (TPSA) is 37.3 Å². The van der Waals surface area contributed by atoms with E-state index in [0.29, 0.717) is 12.1 Å². The van der Waals surface area contributed by atoms with Crippen LogP contribution in [0.5, 0.6) is 0 Å². The first-order valence-electron chi connectivity index (χ1n) is 3.32. The molecule has 0 atom stereocenters. The van der Waals surface area contributed by atoms with Crippen LogP contribution in [0.1, 0.15) is 22.3 Å². The first kappa shape index (κ1) is 9.57. The van der Waals surface area contributed by atoms with Crippen molar-refractivity contribution in [1.29, 1.82) is 0 Å². The summed E-state index contributed by atoms with van der Waals surface area (Å²) in [7, 11) is 0. The Morgan fingerprint density at radius 3 is 2.38 bits per heavy atom. The number of carbonyl (C=O) groups is 1. The number of aromatic carboxylic acids is 1. The fourth-order valence-corrected chi connectivity index (χ4v) is 0.862. The number of carboxylic acid groups (broad SMARTS) is 1. The van der Waals surface area contributed by atoms with Gasteiger partial charge in [-0.15, -0.1) is 0 Å². The molecule has 0 aliphatic carbocycles. The van der Waals surface area contributed by atoms with Crippen LogP contribution in [0.4, 0.5) is 13.2 Å². The molecule has 5 heteroatoms. The average Bonchev–Trinajstić information content (AvgIpc) is 2.03. The van der Waals surface area contributed by atoms with Crippen LogP contribution in [-0.2, 0) is 0 Å². The first-order valence-corrected chi connectivity index (χ1v) is 3.32. The lowest BCUT2D eigenvalue weighted by molar-refractivity contribution is 0.0696. The summed E-state index contributed by atoms with van der Waals surface area (Å²) in [5.74, 6) is -2.41. The highest BCUT2D eigenvalue weighted by molar-refractivity contribution is 5.87. The Morgan fingerprint density at radius 2 is 1.92 bits per heavy atom. The van der Waals surface area contributed by atoms with Crippen molar-refractivity contribution in [3.63, 3.8) is 0 Å². The molecule has 0 saturated carbocycles. The SMILES string of the molecule is O=C(O)c1cc(F)cc(C(F)F)c1. The van der Waals surface area contributed by atoms with E-state index in [1.165, 1.54) is 0 Å². The van der Waals surface area contributed by atoms with Gasteiger partial charge in [0, 0.05) is 5.56 Å². The van der Waals surface area contributed by atoms with Crippen LogP contribution in [-0.4, -0.2) is 11.1 Å². The molecule has 1 aromatic rings. The van der Waals surface area contributed by atoms with Crippen LogP contribution < -0.4 is 0 Å². The van der Waals surface area contributed by atoms with Gasteiger partial charge in [-0.3, -0.25) is 0 Å². The Labute approximate surface area is 71.6 Å². The first-order chi connectivity index (χ1) is 6.00. The molecule has 0 saturated heterocycles. The number of hydrogen-bond acceptors (Lipinski definition) is 1. The number of carboxylic acids is 1. The summed E-state index contributed by atoms with van der Waals surface area (Å²) in [6.45, 7) is 0. The second-order valence-corrected chi connectivity index (χ2v) is 2.38. The predicted molar refractivity (Wildman–Crippen MR) is 38.3 cm³/mol. The summed E-state index contributed by atoms with van der Waals surface area (Å²) in [5, 5.41) is 8.40. The van der Waals surface area contributed by atoms with E-state index >= 15 is 0 Å². The molecule has 0 amide bonds. The van der Waals surface area contributed by atoms with Crippen molar-refractivity contribution >= 4 is 5.97 Å². The summed E-state index contributed by atoms with van der Waals surface area (Å²) in [5.41, 5.74) is -1.10. The highest BCUT2D eigenvalue weighted by atomic mass is 19.3. The molecule has 0 spiro atoms. The van der Waals surface area contributed by atoms with Crippen molar-refractivity contribution < 1.29 is 23.1 Å². The maximum atomic E-state index is 12.6. The zero-order valence-electron chi connectivity index (χ0n) is 6.30. The zero-order chi connectivity index (χ0) is 10.0. The molecule has 0 aliphatic rings. The number of halogens is 3. The Balaban J connectivity index is 3.19. The third-order valence-corrected chi connectivity index (χ3v) is 1.42. The third kappa shape index (κ3) is 2.21. The van der Waals surface area contributed by atoms with Gasteiger partial charge in [-0.1, -0.05) is 0 Å². The van der Waals surface area contributed by atoms with Crippen LogP contribution in [0.15, 0.2) is 18.2 Å². The largest absolute Gasteiger partial charge is 0.478 e. The molecule has 70 valence electrons. The Kier molecular flexibility index (Phi) is 2.55. The number of benzene rings is 1. The second kappa shape index (κ2) is 3.47. The van der Waals surface area contributed by atoms with E-state index in [-0.39, 0.29) is 0 Å². The van der Waals surface area contributed by atoms with E-state index in [2.05, 4.69) is 0 Å². The third-order valence-electron chi connectivity index (χ3n) is 1.42. The smallest absolute Gasteiger partial charge is 0.335 e. The minimum Gasteiger partial charge on any atom is -0.478 e. The second-order valence-electron chi connectivity index (χ2n) is 2.38. The van der Waals surface area contributed by atoms with Gasteiger partial charge in [0.1, 0.15) is 5.82 Å². The molecule has 0 bridgehead atoms. The minimum absolute atomic E-state index is 0.477. The highest BCUT2D eigenvalue weighted by Crippen LogP contribution is 2.21. The molecule has 1 N–H and O–H groups in total. The van der Waals surface area contributed by atoms with Crippen molar-refractivity contribution in [3.8, 4) is 0 Å². The van der Waals surface area contributed by atoms with Gasteiger partial charge in [0.15, 0.2) is 0 Å². The van der Waals surface area contributed by atoms with Crippen molar-refractivity contribution in [3.05, 3.63) is 35.1 Å². The maximum absolute atomic E-state index is 12.6. The predicted octanol–water partition coefficient (Wildman–Crippen LogP) is 2.46.